The highest BCUT2D eigenvalue weighted by molar-refractivity contribution is 5.98. The number of phenolic OH excluding ortho intramolecular Hbond substituents is 1. The van der Waals surface area contributed by atoms with Crippen LogP contribution in [0.4, 0.5) is 0 Å². The zero-order chi connectivity index (χ0) is 50.1. The molecule has 0 aliphatic carbocycles. The molecule has 68 heavy (non-hydrogen) atoms. The van der Waals surface area contributed by atoms with Crippen molar-refractivity contribution in [1.29, 1.82) is 0 Å². The fourth-order valence-corrected chi connectivity index (χ4v) is 9.30. The highest BCUT2D eigenvalue weighted by Gasteiger charge is 2.27. The third-order valence-electron chi connectivity index (χ3n) is 13.4. The van der Waals surface area contributed by atoms with Crippen LogP contribution in [0.5, 0.6) is 5.75 Å². The van der Waals surface area contributed by atoms with Gasteiger partial charge in [-0.2, -0.15) is 0 Å². The summed E-state index contributed by atoms with van der Waals surface area (Å²) in [6.45, 7) is 25.0. The molecule has 1 N–H and O–H groups in total. The Bertz CT molecular complexity index is 3410. The van der Waals surface area contributed by atoms with Crippen LogP contribution in [0.15, 0.2) is 158 Å². The highest BCUT2D eigenvalue weighted by Crippen LogP contribution is 2.45. The number of nitrogens with zero attached hydrogens (tertiary/aromatic N) is 3. The summed E-state index contributed by atoms with van der Waals surface area (Å²) in [7, 11) is 0. The number of hydrogen-bond acceptors (Lipinski definition) is 3. The lowest BCUT2D eigenvalue weighted by Gasteiger charge is -2.22. The van der Waals surface area contributed by atoms with E-state index in [0.717, 1.165) is 83.6 Å². The molecule has 4 nitrogen and oxygen atoms in total. The molecule has 0 amide bonds. The van der Waals surface area contributed by atoms with Crippen LogP contribution in [0.1, 0.15) is 117 Å². The molecular formula is C64H65N3O. The molecule has 0 aliphatic heterocycles. The molecule has 0 atom stereocenters. The maximum absolute atomic E-state index is 12.5. The van der Waals surface area contributed by atoms with Gasteiger partial charge in [-0.05, 0) is 146 Å². The van der Waals surface area contributed by atoms with E-state index in [1.54, 1.807) is 13.8 Å². The fraction of sp³-hybridized carbons (Fsp3) is 0.250. The van der Waals surface area contributed by atoms with Gasteiger partial charge in [0, 0.05) is 25.6 Å². The Hall–Kier alpha value is -7.04. The number of imidazole rings is 1. The normalized spacial score (nSPS) is 12.9. The molecule has 2 heterocycles. The van der Waals surface area contributed by atoms with Crippen molar-refractivity contribution in [2.24, 2.45) is 0 Å². The standard InChI is InChI=1S/C64H65N3O/c1-39(2)47-35-53(40(3)4)61(68)56(36-47)62-66-60-52(48-32-49(34-51(33-48)64(10,11)12)57-37-46(29-30-65-57)43-23-21-41(5)22-24-43)19-16-20-58(60)67(62)59-31-42(6)54(38-55(59)44-17-14-13-15-18-44)45-25-27-50(28-26-45)63(7,8)9/h13-40,68H,1-12H3/i39D,40D. The number of rotatable bonds is 9. The average molecular weight is 894 g/mol. The van der Waals surface area contributed by atoms with Gasteiger partial charge >= 0.3 is 0 Å². The molecule has 9 rings (SSSR count). The van der Waals surface area contributed by atoms with E-state index in [-0.39, 0.29) is 16.6 Å². The molecule has 0 spiro atoms. The Morgan fingerprint density at radius 2 is 1.19 bits per heavy atom. The Morgan fingerprint density at radius 1 is 0.529 bits per heavy atom. The summed E-state index contributed by atoms with van der Waals surface area (Å²) in [5.41, 5.74) is 19.0. The van der Waals surface area contributed by atoms with Crippen LogP contribution < -0.4 is 0 Å². The van der Waals surface area contributed by atoms with Crippen LogP contribution in [0, 0.1) is 13.8 Å². The predicted molar refractivity (Wildman–Crippen MR) is 288 cm³/mol. The minimum absolute atomic E-state index is 0.0174. The van der Waals surface area contributed by atoms with E-state index in [2.05, 4.69) is 193 Å². The summed E-state index contributed by atoms with van der Waals surface area (Å²) in [6, 6.07) is 53.6. The van der Waals surface area contributed by atoms with Crippen molar-refractivity contribution in [3.05, 3.63) is 191 Å². The van der Waals surface area contributed by atoms with Crippen LogP contribution in [-0.4, -0.2) is 19.6 Å². The van der Waals surface area contributed by atoms with E-state index in [0.29, 0.717) is 22.5 Å². The molecule has 9 aromatic rings. The summed E-state index contributed by atoms with van der Waals surface area (Å²) in [4.78, 5) is 10.6. The van der Waals surface area contributed by atoms with Crippen molar-refractivity contribution < 1.29 is 7.85 Å². The Morgan fingerprint density at radius 3 is 1.85 bits per heavy atom. The molecule has 0 aliphatic rings. The topological polar surface area (TPSA) is 50.9 Å². The molecule has 0 radical (unpaired) electrons. The van der Waals surface area contributed by atoms with Gasteiger partial charge in [-0.3, -0.25) is 9.55 Å². The molecular weight excluding hydrogens is 827 g/mol. The van der Waals surface area contributed by atoms with Crippen LogP contribution in [0.3, 0.4) is 0 Å². The van der Waals surface area contributed by atoms with Gasteiger partial charge in [0.15, 0.2) is 0 Å². The number of aromatic hydroxyl groups is 1. The number of fused-ring (bicyclic) bond motifs is 1. The number of benzene rings is 7. The Labute approximate surface area is 407 Å². The lowest BCUT2D eigenvalue weighted by molar-refractivity contribution is 0.466. The zero-order valence-corrected chi connectivity index (χ0v) is 41.8. The minimum Gasteiger partial charge on any atom is -0.507 e. The summed E-state index contributed by atoms with van der Waals surface area (Å²) in [5.74, 6) is -1.70. The van der Waals surface area contributed by atoms with Gasteiger partial charge in [0.2, 0.25) is 0 Å². The predicted octanol–water partition coefficient (Wildman–Crippen LogP) is 17.6. The maximum Gasteiger partial charge on any atom is 0.149 e. The van der Waals surface area contributed by atoms with Crippen LogP contribution >= 0.6 is 0 Å². The molecule has 342 valence electrons. The maximum atomic E-state index is 12.5. The summed E-state index contributed by atoms with van der Waals surface area (Å²) in [5, 5.41) is 12.5. The molecule has 0 fully saturated rings. The first-order valence-corrected chi connectivity index (χ1v) is 23.9. The second kappa shape index (κ2) is 17.9. The second-order valence-corrected chi connectivity index (χ2v) is 21.1. The largest absolute Gasteiger partial charge is 0.507 e. The van der Waals surface area contributed by atoms with Crippen molar-refractivity contribution >= 4 is 11.0 Å². The van der Waals surface area contributed by atoms with Crippen molar-refractivity contribution in [2.75, 3.05) is 0 Å². The number of aromatic nitrogens is 3. The molecule has 2 aromatic heterocycles. The second-order valence-electron chi connectivity index (χ2n) is 21.1. The first-order chi connectivity index (χ1) is 33.0. The summed E-state index contributed by atoms with van der Waals surface area (Å²) in [6.07, 6.45) is 1.90. The van der Waals surface area contributed by atoms with E-state index in [1.807, 2.05) is 38.2 Å². The first kappa shape index (κ1) is 43.5. The van der Waals surface area contributed by atoms with Crippen molar-refractivity contribution in [3.8, 4) is 78.6 Å². The van der Waals surface area contributed by atoms with Gasteiger partial charge in [-0.15, -0.1) is 0 Å². The smallest absolute Gasteiger partial charge is 0.149 e. The molecule has 7 aromatic carbocycles. The number of phenols is 1. The Kier molecular flexibility index (Phi) is 11.4. The van der Waals surface area contributed by atoms with Gasteiger partial charge in [-0.1, -0.05) is 178 Å². The van der Waals surface area contributed by atoms with Crippen molar-refractivity contribution in [2.45, 2.75) is 106 Å². The number of hydrogen-bond donors (Lipinski definition) is 1. The van der Waals surface area contributed by atoms with Crippen LogP contribution in [0.25, 0.3) is 83.9 Å². The average Bonchev–Trinajstić information content (AvgIpc) is 3.70. The van der Waals surface area contributed by atoms with Crippen molar-refractivity contribution in [3.63, 3.8) is 0 Å². The molecule has 0 bridgehead atoms. The van der Waals surface area contributed by atoms with Gasteiger partial charge < -0.3 is 5.11 Å². The fourth-order valence-electron chi connectivity index (χ4n) is 9.30. The lowest BCUT2D eigenvalue weighted by atomic mass is 9.83. The lowest BCUT2D eigenvalue weighted by Crippen LogP contribution is -2.11. The molecule has 0 saturated carbocycles. The van der Waals surface area contributed by atoms with Crippen LogP contribution in [-0.2, 0) is 10.8 Å². The minimum atomic E-state index is -1.17. The van der Waals surface area contributed by atoms with E-state index in [9.17, 15) is 7.85 Å². The van der Waals surface area contributed by atoms with Crippen LogP contribution in [0.2, 0.25) is 0 Å². The monoisotopic (exact) mass is 894 g/mol. The van der Waals surface area contributed by atoms with Crippen molar-refractivity contribution in [1.82, 2.24) is 14.5 Å². The van der Waals surface area contributed by atoms with E-state index < -0.39 is 11.8 Å². The number of pyridine rings is 1. The molecule has 0 saturated heterocycles. The summed E-state index contributed by atoms with van der Waals surface area (Å²) < 4.78 is 20.7. The van der Waals surface area contributed by atoms with Gasteiger partial charge in [-0.25, -0.2) is 4.98 Å². The third-order valence-corrected chi connectivity index (χ3v) is 13.4. The quantitative estimate of drug-likeness (QED) is 0.157. The van der Waals surface area contributed by atoms with Gasteiger partial charge in [0.05, 0.1) is 28.0 Å². The Balaban J connectivity index is 1.36. The number of para-hydroxylation sites is 1. The SMILES string of the molecule is [2H]C(C)(C)c1cc(-c2nc3c(-c4cc(-c5cc(-c6ccc(C)cc6)ccn5)cc(C(C)(C)C)c4)cccc3n2-c2cc(C)c(-c3ccc(C(C)(C)C)cc3)cc2-c2ccccc2)c(O)c(C([2H])(C)C)c1. The third kappa shape index (κ3) is 8.93. The first-order valence-electron chi connectivity index (χ1n) is 24.9. The zero-order valence-electron chi connectivity index (χ0n) is 43.8. The van der Waals surface area contributed by atoms with E-state index in [4.69, 9.17) is 9.97 Å². The van der Waals surface area contributed by atoms with Gasteiger partial charge in [0.1, 0.15) is 11.6 Å². The van der Waals surface area contributed by atoms with E-state index in [1.165, 1.54) is 11.1 Å². The van der Waals surface area contributed by atoms with Gasteiger partial charge in [0.25, 0.3) is 0 Å². The molecule has 4 heteroatoms. The number of aryl methyl sites for hydroxylation is 2. The van der Waals surface area contributed by atoms with E-state index >= 15 is 0 Å². The summed E-state index contributed by atoms with van der Waals surface area (Å²) >= 11 is 0. The molecule has 0 unspecified atom stereocenters. The highest BCUT2D eigenvalue weighted by atomic mass is 16.3.